The quantitative estimate of drug-likeness (QED) is 0.798. The number of nitrogens with zero attached hydrogens (tertiary/aromatic N) is 1. The van der Waals surface area contributed by atoms with Crippen LogP contribution >= 0.6 is 11.8 Å². The smallest absolute Gasteiger partial charge is 0.319 e. The number of hydrogen-bond acceptors (Lipinski definition) is 3. The number of nitrogens with one attached hydrogen (secondary N) is 2. The number of pyridine rings is 1. The zero-order chi connectivity index (χ0) is 15.8. The van der Waals surface area contributed by atoms with E-state index >= 15 is 0 Å². The Hall–Kier alpha value is -2.08. The van der Waals surface area contributed by atoms with Gasteiger partial charge in [0.25, 0.3) is 0 Å². The topological polar surface area (TPSA) is 54.0 Å². The number of anilines is 1. The number of halogens is 1. The first kappa shape index (κ1) is 16.3. The molecule has 0 unspecified atom stereocenters. The molecule has 2 rings (SSSR count). The van der Waals surface area contributed by atoms with Gasteiger partial charge in [-0.1, -0.05) is 25.1 Å². The van der Waals surface area contributed by atoms with Gasteiger partial charge in [0.05, 0.1) is 16.9 Å². The average molecular weight is 319 g/mol. The molecule has 1 aromatic carbocycles. The van der Waals surface area contributed by atoms with Crippen LogP contribution < -0.4 is 10.6 Å². The minimum absolute atomic E-state index is 0.252. The Morgan fingerprint density at radius 3 is 2.77 bits per heavy atom. The summed E-state index contributed by atoms with van der Waals surface area (Å²) in [6.45, 7) is 2.42. The van der Waals surface area contributed by atoms with Crippen LogP contribution in [0.5, 0.6) is 0 Å². The highest BCUT2D eigenvalue weighted by Crippen LogP contribution is 2.16. The molecule has 1 aromatic heterocycles. The van der Waals surface area contributed by atoms with Crippen molar-refractivity contribution in [3.63, 3.8) is 0 Å². The van der Waals surface area contributed by atoms with Gasteiger partial charge in [-0.25, -0.2) is 14.2 Å². The van der Waals surface area contributed by atoms with Gasteiger partial charge in [0.1, 0.15) is 5.82 Å². The van der Waals surface area contributed by atoms with E-state index in [0.717, 1.165) is 10.8 Å². The average Bonchev–Trinajstić information content (AvgIpc) is 2.51. The maximum Gasteiger partial charge on any atom is 0.319 e. The van der Waals surface area contributed by atoms with Crippen molar-refractivity contribution in [3.8, 4) is 0 Å². The van der Waals surface area contributed by atoms with Gasteiger partial charge < -0.3 is 10.6 Å². The molecular formula is C16H18FN3OS. The molecule has 0 aliphatic carbocycles. The van der Waals surface area contributed by atoms with Crippen molar-refractivity contribution >= 4 is 23.5 Å². The Kier molecular flexibility index (Phi) is 6.21. The third-order valence-electron chi connectivity index (χ3n) is 2.92. The molecule has 0 bridgehead atoms. The number of rotatable bonds is 6. The van der Waals surface area contributed by atoms with Crippen molar-refractivity contribution in [3.05, 3.63) is 54.0 Å². The lowest BCUT2D eigenvalue weighted by atomic mass is 10.1. The summed E-state index contributed by atoms with van der Waals surface area (Å²) in [5.41, 5.74) is 1.22. The number of hydrogen-bond donors (Lipinski definition) is 2. The van der Waals surface area contributed by atoms with Gasteiger partial charge in [-0.05, 0) is 35.9 Å². The first-order chi connectivity index (χ1) is 10.7. The van der Waals surface area contributed by atoms with Crippen LogP contribution in [-0.2, 0) is 6.42 Å². The lowest BCUT2D eigenvalue weighted by Gasteiger charge is -2.08. The van der Waals surface area contributed by atoms with E-state index in [0.29, 0.717) is 24.2 Å². The summed E-state index contributed by atoms with van der Waals surface area (Å²) in [6.07, 6.45) is 2.07. The first-order valence-electron chi connectivity index (χ1n) is 7.06. The minimum atomic E-state index is -0.325. The highest BCUT2D eigenvalue weighted by molar-refractivity contribution is 7.99. The largest absolute Gasteiger partial charge is 0.338 e. The maximum absolute atomic E-state index is 13.4. The number of benzene rings is 1. The van der Waals surface area contributed by atoms with Gasteiger partial charge in [0.15, 0.2) is 0 Å². The summed E-state index contributed by atoms with van der Waals surface area (Å²) in [6, 6.07) is 9.89. The number of carbonyl (C=O) groups excluding carboxylic acids is 1. The predicted molar refractivity (Wildman–Crippen MR) is 87.8 cm³/mol. The van der Waals surface area contributed by atoms with Gasteiger partial charge >= 0.3 is 6.03 Å². The van der Waals surface area contributed by atoms with E-state index in [-0.39, 0.29) is 11.8 Å². The molecule has 0 aliphatic heterocycles. The monoisotopic (exact) mass is 319 g/mol. The molecule has 1 heterocycles. The van der Waals surface area contributed by atoms with Crippen molar-refractivity contribution < 1.29 is 9.18 Å². The maximum atomic E-state index is 13.4. The van der Waals surface area contributed by atoms with Gasteiger partial charge in [-0.3, -0.25) is 0 Å². The molecule has 0 saturated carbocycles. The molecule has 2 aromatic rings. The van der Waals surface area contributed by atoms with E-state index in [1.54, 1.807) is 42.2 Å². The van der Waals surface area contributed by atoms with Gasteiger partial charge in [-0.15, -0.1) is 11.8 Å². The number of thioether (sulfide) groups is 1. The van der Waals surface area contributed by atoms with E-state index in [2.05, 4.69) is 22.5 Å². The highest BCUT2D eigenvalue weighted by atomic mass is 32.2. The summed E-state index contributed by atoms with van der Waals surface area (Å²) in [7, 11) is 0. The number of urea groups is 1. The number of aromatic nitrogens is 1. The lowest BCUT2D eigenvalue weighted by molar-refractivity contribution is 0.252. The molecule has 0 fully saturated rings. The zero-order valence-electron chi connectivity index (χ0n) is 12.3. The molecule has 4 nitrogen and oxygen atoms in total. The normalized spacial score (nSPS) is 10.3. The number of amides is 2. The fraction of sp³-hybridized carbons (Fsp3) is 0.250. The Morgan fingerprint density at radius 1 is 1.27 bits per heavy atom. The third kappa shape index (κ3) is 5.04. The Morgan fingerprint density at radius 2 is 2.09 bits per heavy atom. The Bertz CT molecular complexity index is 619. The minimum Gasteiger partial charge on any atom is -0.338 e. The van der Waals surface area contributed by atoms with Crippen LogP contribution in [0.2, 0.25) is 0 Å². The second-order valence-electron chi connectivity index (χ2n) is 4.54. The molecule has 2 amide bonds. The zero-order valence-corrected chi connectivity index (χ0v) is 13.1. The summed E-state index contributed by atoms with van der Waals surface area (Å²) in [4.78, 5) is 16.0. The van der Waals surface area contributed by atoms with E-state index in [4.69, 9.17) is 0 Å². The standard InChI is InChI=1S/C16H18FN3OS/c1-2-22-15-8-7-13(11-19-15)20-16(21)18-10-9-12-5-3-4-6-14(12)17/h3-8,11H,2,9-10H2,1H3,(H2,18,20,21). The van der Waals surface area contributed by atoms with Crippen LogP contribution in [-0.4, -0.2) is 23.3 Å². The SMILES string of the molecule is CCSc1ccc(NC(=O)NCCc2ccccc2F)cn1. The van der Waals surface area contributed by atoms with Crippen LogP contribution in [0.15, 0.2) is 47.6 Å². The van der Waals surface area contributed by atoms with E-state index in [9.17, 15) is 9.18 Å². The highest BCUT2D eigenvalue weighted by Gasteiger charge is 2.04. The van der Waals surface area contributed by atoms with Crippen molar-refractivity contribution in [2.45, 2.75) is 18.4 Å². The second kappa shape index (κ2) is 8.38. The summed E-state index contributed by atoms with van der Waals surface area (Å²) >= 11 is 1.64. The fourth-order valence-corrected chi connectivity index (χ4v) is 2.46. The molecular weight excluding hydrogens is 301 g/mol. The van der Waals surface area contributed by atoms with Crippen LogP contribution in [0.3, 0.4) is 0 Å². The van der Waals surface area contributed by atoms with Crippen LogP contribution in [0.1, 0.15) is 12.5 Å². The second-order valence-corrected chi connectivity index (χ2v) is 5.82. The molecule has 0 spiro atoms. The van der Waals surface area contributed by atoms with Crippen molar-refractivity contribution in [2.24, 2.45) is 0 Å². The molecule has 116 valence electrons. The molecule has 2 N–H and O–H groups in total. The van der Waals surface area contributed by atoms with Gasteiger partial charge in [-0.2, -0.15) is 0 Å². The van der Waals surface area contributed by atoms with Crippen molar-refractivity contribution in [1.82, 2.24) is 10.3 Å². The molecule has 6 heteroatoms. The Labute approximate surface area is 133 Å². The van der Waals surface area contributed by atoms with Gasteiger partial charge in [0, 0.05) is 6.54 Å². The lowest BCUT2D eigenvalue weighted by Crippen LogP contribution is -2.30. The molecule has 0 saturated heterocycles. The van der Waals surface area contributed by atoms with Gasteiger partial charge in [0.2, 0.25) is 0 Å². The van der Waals surface area contributed by atoms with Crippen LogP contribution in [0.4, 0.5) is 14.9 Å². The molecule has 0 radical (unpaired) electrons. The summed E-state index contributed by atoms with van der Waals surface area (Å²) < 4.78 is 13.4. The third-order valence-corrected chi connectivity index (χ3v) is 3.75. The molecule has 0 aliphatic rings. The molecule has 22 heavy (non-hydrogen) atoms. The van der Waals surface area contributed by atoms with Crippen molar-refractivity contribution in [1.29, 1.82) is 0 Å². The van der Waals surface area contributed by atoms with E-state index in [1.807, 2.05) is 6.07 Å². The van der Waals surface area contributed by atoms with Crippen LogP contribution in [0, 0.1) is 5.82 Å². The summed E-state index contributed by atoms with van der Waals surface area (Å²) in [5.74, 6) is 0.703. The predicted octanol–water partition coefficient (Wildman–Crippen LogP) is 3.70. The fourth-order valence-electron chi connectivity index (χ4n) is 1.87. The first-order valence-corrected chi connectivity index (χ1v) is 8.04. The Balaban J connectivity index is 1.77. The van der Waals surface area contributed by atoms with Crippen LogP contribution in [0.25, 0.3) is 0 Å². The molecule has 0 atom stereocenters. The van der Waals surface area contributed by atoms with Crippen molar-refractivity contribution in [2.75, 3.05) is 17.6 Å². The van der Waals surface area contributed by atoms with E-state index in [1.165, 1.54) is 6.07 Å². The summed E-state index contributed by atoms with van der Waals surface area (Å²) in [5, 5.41) is 6.32. The van der Waals surface area contributed by atoms with E-state index < -0.39 is 0 Å². The number of carbonyl (C=O) groups is 1.